The maximum atomic E-state index is 14.3. The molecule has 2 unspecified atom stereocenters. The van der Waals surface area contributed by atoms with Gasteiger partial charge >= 0.3 is 12.1 Å². The molecular weight excluding hydrogens is 649 g/mol. The number of aliphatic hydroxyl groups excluding tert-OH is 1. The van der Waals surface area contributed by atoms with Gasteiger partial charge in [-0.2, -0.15) is 0 Å². The first-order valence-electron chi connectivity index (χ1n) is 16.0. The van der Waals surface area contributed by atoms with Crippen LogP contribution in [0.3, 0.4) is 0 Å². The molecule has 0 radical (unpaired) electrons. The molecule has 0 bridgehead atoms. The molecule has 2 aliphatic heterocycles. The Kier molecular flexibility index (Phi) is 9.77. The quantitative estimate of drug-likeness (QED) is 0.244. The van der Waals surface area contributed by atoms with Gasteiger partial charge in [0.05, 0.1) is 48.7 Å². The number of esters is 1. The van der Waals surface area contributed by atoms with Crippen LogP contribution in [0.2, 0.25) is 0 Å². The number of ether oxygens (including phenoxy) is 2. The third-order valence-electron chi connectivity index (χ3n) is 9.33. The maximum absolute atomic E-state index is 14.3. The molecule has 2 heterocycles. The second-order valence-corrected chi connectivity index (χ2v) is 16.1. The van der Waals surface area contributed by atoms with Crippen molar-refractivity contribution in [2.24, 2.45) is 17.3 Å². The van der Waals surface area contributed by atoms with Crippen LogP contribution in [0, 0.1) is 23.1 Å². The molecule has 5 atom stereocenters. The summed E-state index contributed by atoms with van der Waals surface area (Å²) < 4.78 is 52.6. The van der Waals surface area contributed by atoms with Crippen LogP contribution in [0.25, 0.3) is 0 Å². The van der Waals surface area contributed by atoms with Gasteiger partial charge in [0.15, 0.2) is 5.78 Å². The third kappa shape index (κ3) is 7.56. The third-order valence-corrected chi connectivity index (χ3v) is 11.1. The fourth-order valence-electron chi connectivity index (χ4n) is 6.52. The number of carbonyl (C=O) groups is 5. The number of rotatable bonds is 12. The molecular formula is C33H42FN3O10S. The minimum absolute atomic E-state index is 0.0224. The lowest BCUT2D eigenvalue weighted by molar-refractivity contribution is -0.159. The average Bonchev–Trinajstić information content (AvgIpc) is 3.89. The summed E-state index contributed by atoms with van der Waals surface area (Å²) >= 11 is 0. The number of allylic oxidation sites excluding steroid dienone is 1. The molecule has 48 heavy (non-hydrogen) atoms. The number of benzene rings is 1. The summed E-state index contributed by atoms with van der Waals surface area (Å²) in [6, 6.07) is 3.32. The largest absolute Gasteiger partial charge is 0.460 e. The Labute approximate surface area is 278 Å². The van der Waals surface area contributed by atoms with Gasteiger partial charge in [0.25, 0.3) is 0 Å². The van der Waals surface area contributed by atoms with Crippen molar-refractivity contribution in [3.05, 3.63) is 47.8 Å². The second-order valence-electron chi connectivity index (χ2n) is 14.2. The molecule has 1 aromatic rings. The highest BCUT2D eigenvalue weighted by Gasteiger charge is 2.61. The van der Waals surface area contributed by atoms with Crippen LogP contribution >= 0.6 is 0 Å². The van der Waals surface area contributed by atoms with E-state index in [9.17, 15) is 41.9 Å². The Balaban J connectivity index is 1.34. The van der Waals surface area contributed by atoms with E-state index in [2.05, 4.69) is 11.3 Å². The van der Waals surface area contributed by atoms with Crippen molar-refractivity contribution >= 4 is 39.7 Å². The molecule has 0 spiro atoms. The van der Waals surface area contributed by atoms with E-state index < -0.39 is 105 Å². The molecule has 1 saturated heterocycles. The minimum Gasteiger partial charge on any atom is -0.460 e. The van der Waals surface area contributed by atoms with Crippen molar-refractivity contribution in [2.45, 2.75) is 95.4 Å². The Hall–Kier alpha value is -3.85. The van der Waals surface area contributed by atoms with Crippen LogP contribution in [0.1, 0.15) is 70.4 Å². The summed E-state index contributed by atoms with van der Waals surface area (Å²) in [7, 11) is -3.90. The van der Waals surface area contributed by atoms with E-state index in [0.717, 1.165) is 4.90 Å². The van der Waals surface area contributed by atoms with Crippen LogP contribution < -0.4 is 4.72 Å². The smallest absolute Gasteiger partial charge is 0.410 e. The predicted molar refractivity (Wildman–Crippen MR) is 168 cm³/mol. The van der Waals surface area contributed by atoms with E-state index in [1.165, 1.54) is 17.0 Å². The molecule has 1 aromatic carbocycles. The summed E-state index contributed by atoms with van der Waals surface area (Å²) in [5.41, 5.74) is -1.24. The van der Waals surface area contributed by atoms with E-state index >= 15 is 0 Å². The van der Waals surface area contributed by atoms with Gasteiger partial charge in [0, 0.05) is 24.9 Å². The fourth-order valence-corrected chi connectivity index (χ4v) is 7.90. The number of hydrogen-bond donors (Lipinski definition) is 2. The molecule has 0 aromatic heterocycles. The number of carbonyl (C=O) groups excluding carboxylic acids is 5. The van der Waals surface area contributed by atoms with Gasteiger partial charge in [-0.1, -0.05) is 18.2 Å². The summed E-state index contributed by atoms with van der Waals surface area (Å²) in [5, 5.41) is 9.44. The number of Topliss-reactive ketones (excluding diaryl/α,β-unsaturated/α-hetero) is 1. The molecule has 5 rings (SSSR count). The van der Waals surface area contributed by atoms with Crippen LogP contribution in [0.15, 0.2) is 30.9 Å². The number of likely N-dealkylation sites (tertiary alicyclic amines) is 1. The lowest BCUT2D eigenvalue weighted by Crippen LogP contribution is -2.47. The zero-order valence-electron chi connectivity index (χ0n) is 27.3. The van der Waals surface area contributed by atoms with Gasteiger partial charge in [0.1, 0.15) is 17.5 Å². The highest BCUT2D eigenvalue weighted by atomic mass is 32.2. The first kappa shape index (κ1) is 35.5. The van der Waals surface area contributed by atoms with E-state index in [1.807, 2.05) is 0 Å². The molecule has 3 amide bonds. The Bertz CT molecular complexity index is 1620. The van der Waals surface area contributed by atoms with Crippen molar-refractivity contribution in [3.8, 4) is 0 Å². The molecule has 3 fully saturated rings. The average molecular weight is 692 g/mol. The van der Waals surface area contributed by atoms with Crippen LogP contribution in [0.5, 0.6) is 0 Å². The van der Waals surface area contributed by atoms with Crippen molar-refractivity contribution in [2.75, 3.05) is 13.2 Å². The van der Waals surface area contributed by atoms with E-state index in [0.29, 0.717) is 24.0 Å². The van der Waals surface area contributed by atoms with Gasteiger partial charge in [-0.15, -0.1) is 6.58 Å². The molecule has 2 aliphatic carbocycles. The Morgan fingerprint density at radius 2 is 1.90 bits per heavy atom. The number of ketones is 1. The summed E-state index contributed by atoms with van der Waals surface area (Å²) in [4.78, 5) is 69.3. The first-order valence-corrected chi connectivity index (χ1v) is 17.6. The van der Waals surface area contributed by atoms with Gasteiger partial charge < -0.3 is 19.5 Å². The SMILES string of the molecule is C=CC1C[C@]1(CC(=O)[C@@H]1CC(OC(=O)N2Cc3cccc(F)c3C2)CN1C(=O)[C@H](CO)CC(=O)OC(C)(C)C)C(=O)NS(=O)(=O)C1CC1. The monoisotopic (exact) mass is 691 g/mol. The van der Waals surface area contributed by atoms with Gasteiger partial charge in [-0.25, -0.2) is 17.6 Å². The van der Waals surface area contributed by atoms with Crippen molar-refractivity contribution in [3.63, 3.8) is 0 Å². The number of amides is 3. The number of fused-ring (bicyclic) bond motifs is 1. The van der Waals surface area contributed by atoms with Crippen molar-refractivity contribution in [1.82, 2.24) is 14.5 Å². The Morgan fingerprint density at radius 1 is 1.19 bits per heavy atom. The van der Waals surface area contributed by atoms with Crippen LogP contribution in [-0.2, 0) is 51.8 Å². The topological polar surface area (TPSA) is 177 Å². The summed E-state index contributed by atoms with van der Waals surface area (Å²) in [6.45, 7) is 7.77. The standard InChI is InChI=1S/C33H42FN3O10S/c1-5-21-13-33(21,30(42)35-48(44,45)23-9-10-23)14-27(39)26-12-22(46-31(43)36-15-19-7-6-8-25(34)24(19)17-36)16-37(26)29(41)20(18-38)11-28(40)47-32(2,3)4/h5-8,20-23,26,38H,1,9-18H2,2-4H3,(H,35,42)/t20-,21?,22?,26-,33+/m0/s1. The Morgan fingerprint density at radius 3 is 2.48 bits per heavy atom. The van der Waals surface area contributed by atoms with Crippen LogP contribution in [0.4, 0.5) is 9.18 Å². The van der Waals surface area contributed by atoms with Crippen molar-refractivity contribution < 1.29 is 51.4 Å². The second kappa shape index (κ2) is 13.2. The molecule has 15 heteroatoms. The molecule has 2 N–H and O–H groups in total. The first-order chi connectivity index (χ1) is 22.5. The minimum atomic E-state index is -3.90. The number of halogens is 1. The van der Waals surface area contributed by atoms with Crippen LogP contribution in [-0.4, -0.2) is 89.1 Å². The normalized spacial score (nSPS) is 25.6. The number of hydrogen-bond acceptors (Lipinski definition) is 10. The lowest BCUT2D eigenvalue weighted by Gasteiger charge is -2.28. The number of aliphatic hydroxyl groups is 1. The number of nitrogens with one attached hydrogen (secondary N) is 1. The van der Waals surface area contributed by atoms with E-state index in [-0.39, 0.29) is 32.5 Å². The van der Waals surface area contributed by atoms with Gasteiger partial charge in [-0.05, 0) is 57.6 Å². The van der Waals surface area contributed by atoms with E-state index in [4.69, 9.17) is 9.47 Å². The lowest BCUT2D eigenvalue weighted by atomic mass is 9.91. The highest BCUT2D eigenvalue weighted by Crippen LogP contribution is 2.57. The van der Waals surface area contributed by atoms with Crippen molar-refractivity contribution in [1.29, 1.82) is 0 Å². The fraction of sp³-hybridized carbons (Fsp3) is 0.606. The van der Waals surface area contributed by atoms with Gasteiger partial charge in [-0.3, -0.25) is 28.8 Å². The maximum Gasteiger partial charge on any atom is 0.410 e. The van der Waals surface area contributed by atoms with Gasteiger partial charge in [0.2, 0.25) is 21.8 Å². The number of nitrogens with zero attached hydrogens (tertiary/aromatic N) is 2. The molecule has 13 nitrogen and oxygen atoms in total. The molecule has 262 valence electrons. The summed E-state index contributed by atoms with van der Waals surface area (Å²) in [5.74, 6) is -5.08. The predicted octanol–water partition coefficient (Wildman–Crippen LogP) is 2.35. The zero-order valence-corrected chi connectivity index (χ0v) is 28.1. The van der Waals surface area contributed by atoms with E-state index in [1.54, 1.807) is 32.9 Å². The summed E-state index contributed by atoms with van der Waals surface area (Å²) in [6.07, 6.45) is -0.267. The number of sulfonamides is 1. The zero-order chi connectivity index (χ0) is 35.2. The molecule has 2 saturated carbocycles. The molecule has 4 aliphatic rings. The highest BCUT2D eigenvalue weighted by molar-refractivity contribution is 7.90.